The smallest absolute Gasteiger partial charge is 0.311 e. The van der Waals surface area contributed by atoms with Crippen molar-refractivity contribution in [3.05, 3.63) is 105 Å². The van der Waals surface area contributed by atoms with Crippen LogP contribution in [0.2, 0.25) is 10.0 Å². The van der Waals surface area contributed by atoms with Gasteiger partial charge >= 0.3 is 11.9 Å². The summed E-state index contributed by atoms with van der Waals surface area (Å²) in [4.78, 5) is 28.1. The molecule has 48 heavy (non-hydrogen) atoms. The molecule has 246 valence electrons. The van der Waals surface area contributed by atoms with E-state index in [1.807, 2.05) is 31.2 Å². The third kappa shape index (κ3) is 5.43. The van der Waals surface area contributed by atoms with Gasteiger partial charge in [-0.1, -0.05) is 96.0 Å². The summed E-state index contributed by atoms with van der Waals surface area (Å²) in [5.41, 5.74) is 11.2. The standard InChI is InChI=1S/C40H38Cl2N2O4/c1-2-48-40(47)28-21-44(22-28)36-16-12-24-18-26(10-14-30(24)36)32-6-4-8-34(38(32)42)33-7-3-5-31(37(33)41)25-9-13-29-23(17-25)11-15-35(29)43-19-27(20-43)39(45)46/h3-10,13-14,17-18,27-28,35-36H,2,11-12,15-16,19-22H2,1H3,(H,45,46)/t35-,36+/m1/s1. The maximum Gasteiger partial charge on any atom is 0.311 e. The van der Waals surface area contributed by atoms with Gasteiger partial charge in [-0.05, 0) is 66.0 Å². The van der Waals surface area contributed by atoms with Crippen molar-refractivity contribution in [2.45, 2.75) is 44.7 Å². The fraction of sp³-hybridized carbons (Fsp3) is 0.350. The van der Waals surface area contributed by atoms with Gasteiger partial charge < -0.3 is 9.84 Å². The van der Waals surface area contributed by atoms with Gasteiger partial charge in [0, 0.05) is 60.5 Å². The highest BCUT2D eigenvalue weighted by molar-refractivity contribution is 6.39. The minimum absolute atomic E-state index is 0.0133. The van der Waals surface area contributed by atoms with Crippen LogP contribution in [0.4, 0.5) is 0 Å². The highest BCUT2D eigenvalue weighted by Gasteiger charge is 2.41. The van der Waals surface area contributed by atoms with E-state index in [9.17, 15) is 14.7 Å². The van der Waals surface area contributed by atoms with Crippen molar-refractivity contribution in [3.8, 4) is 33.4 Å². The number of benzene rings is 4. The first-order valence-electron chi connectivity index (χ1n) is 17.0. The summed E-state index contributed by atoms with van der Waals surface area (Å²) in [6.45, 7) is 5.06. The summed E-state index contributed by atoms with van der Waals surface area (Å²) in [7, 11) is 0. The molecule has 2 aliphatic heterocycles. The predicted octanol–water partition coefficient (Wildman–Crippen LogP) is 8.48. The summed E-state index contributed by atoms with van der Waals surface area (Å²) in [6, 6.07) is 26.2. The van der Waals surface area contributed by atoms with Crippen LogP contribution in [0.25, 0.3) is 33.4 Å². The molecule has 4 aromatic rings. The molecule has 8 heteroatoms. The molecular formula is C40H38Cl2N2O4. The number of hydrogen-bond donors (Lipinski definition) is 1. The molecule has 0 spiro atoms. The number of carbonyl (C=O) groups excluding carboxylic acids is 1. The van der Waals surface area contributed by atoms with Crippen molar-refractivity contribution in [2.24, 2.45) is 11.8 Å². The number of carboxylic acid groups (broad SMARTS) is 1. The topological polar surface area (TPSA) is 70.1 Å². The Bertz CT molecular complexity index is 1930. The molecule has 2 aliphatic carbocycles. The van der Waals surface area contributed by atoms with Crippen molar-refractivity contribution < 1.29 is 19.4 Å². The average molecular weight is 682 g/mol. The third-order valence-electron chi connectivity index (χ3n) is 11.0. The van der Waals surface area contributed by atoms with Gasteiger partial charge in [0.1, 0.15) is 0 Å². The van der Waals surface area contributed by atoms with Crippen LogP contribution in [-0.2, 0) is 27.2 Å². The first-order chi connectivity index (χ1) is 23.3. The maximum atomic E-state index is 12.1. The second-order valence-electron chi connectivity index (χ2n) is 13.7. The number of halogens is 2. The Morgan fingerprint density at radius 3 is 1.62 bits per heavy atom. The molecule has 0 bridgehead atoms. The molecule has 2 atom stereocenters. The number of rotatable bonds is 8. The molecule has 0 radical (unpaired) electrons. The lowest BCUT2D eigenvalue weighted by Gasteiger charge is -2.42. The van der Waals surface area contributed by atoms with E-state index in [0.29, 0.717) is 35.8 Å². The number of aryl methyl sites for hydroxylation is 2. The van der Waals surface area contributed by atoms with Crippen molar-refractivity contribution in [1.82, 2.24) is 9.80 Å². The van der Waals surface area contributed by atoms with Gasteiger partial charge in [-0.2, -0.15) is 0 Å². The number of hydrogen-bond acceptors (Lipinski definition) is 5. The normalized spacial score (nSPS) is 21.0. The van der Waals surface area contributed by atoms with Crippen LogP contribution in [0, 0.1) is 11.8 Å². The molecule has 8 rings (SSSR count). The van der Waals surface area contributed by atoms with Crippen molar-refractivity contribution in [2.75, 3.05) is 32.8 Å². The minimum Gasteiger partial charge on any atom is -0.481 e. The molecular weight excluding hydrogens is 643 g/mol. The molecule has 2 fully saturated rings. The van der Waals surface area contributed by atoms with Gasteiger partial charge in [0.2, 0.25) is 0 Å². The Labute approximate surface area is 291 Å². The Balaban J connectivity index is 1.03. The molecule has 0 unspecified atom stereocenters. The molecule has 6 nitrogen and oxygen atoms in total. The second kappa shape index (κ2) is 12.6. The Morgan fingerprint density at radius 2 is 1.17 bits per heavy atom. The van der Waals surface area contributed by atoms with Crippen molar-refractivity contribution in [1.29, 1.82) is 0 Å². The third-order valence-corrected chi connectivity index (χ3v) is 11.8. The fourth-order valence-corrected chi connectivity index (χ4v) is 8.98. The fourth-order valence-electron chi connectivity index (χ4n) is 8.31. The van der Waals surface area contributed by atoms with Gasteiger partial charge in [0.25, 0.3) is 0 Å². The quantitative estimate of drug-likeness (QED) is 0.188. The first-order valence-corrected chi connectivity index (χ1v) is 17.8. The zero-order valence-corrected chi connectivity index (χ0v) is 28.4. The summed E-state index contributed by atoms with van der Waals surface area (Å²) in [5, 5.41) is 10.7. The first kappa shape index (κ1) is 31.6. The van der Waals surface area contributed by atoms with Gasteiger partial charge in [-0.25, -0.2) is 0 Å². The van der Waals surface area contributed by atoms with Crippen LogP contribution in [0.15, 0.2) is 72.8 Å². The summed E-state index contributed by atoms with van der Waals surface area (Å²) in [5.74, 6) is -1.04. The Hall–Kier alpha value is -3.68. The molecule has 1 N–H and O–H groups in total. The van der Waals surface area contributed by atoms with E-state index in [1.165, 1.54) is 22.3 Å². The lowest BCUT2D eigenvalue weighted by atomic mass is 9.92. The SMILES string of the molecule is CCOC(=O)C1CN([C@H]2CCc3cc(-c4cccc(-c5cccc(-c6ccc7c(c6)CC[C@H]7N6CC(C(=O)O)C6)c5Cl)c4Cl)ccc32)C1. The zero-order valence-electron chi connectivity index (χ0n) is 26.9. The van der Waals surface area contributed by atoms with E-state index in [0.717, 1.165) is 72.2 Å². The molecule has 0 aromatic heterocycles. The molecule has 0 amide bonds. The van der Waals surface area contributed by atoms with Gasteiger partial charge in [-0.3, -0.25) is 19.4 Å². The highest BCUT2D eigenvalue weighted by atomic mass is 35.5. The van der Waals surface area contributed by atoms with Crippen LogP contribution in [0.5, 0.6) is 0 Å². The van der Waals surface area contributed by atoms with Crippen LogP contribution >= 0.6 is 23.2 Å². The van der Waals surface area contributed by atoms with E-state index in [4.69, 9.17) is 27.9 Å². The second-order valence-corrected chi connectivity index (χ2v) is 14.4. The lowest BCUT2D eigenvalue weighted by Crippen LogP contribution is -2.51. The number of likely N-dealkylation sites (tertiary alicyclic amines) is 2. The van der Waals surface area contributed by atoms with Gasteiger partial charge in [0.05, 0.1) is 28.5 Å². The van der Waals surface area contributed by atoms with Gasteiger partial charge in [-0.15, -0.1) is 0 Å². The molecule has 2 saturated heterocycles. The highest BCUT2D eigenvalue weighted by Crippen LogP contribution is 2.46. The van der Waals surface area contributed by atoms with E-state index >= 15 is 0 Å². The maximum absolute atomic E-state index is 12.1. The number of fused-ring (bicyclic) bond motifs is 2. The molecule has 0 saturated carbocycles. The Morgan fingerprint density at radius 1 is 0.708 bits per heavy atom. The molecule has 4 aromatic carbocycles. The number of nitrogens with zero attached hydrogens (tertiary/aromatic N) is 2. The number of carbonyl (C=O) groups is 2. The predicted molar refractivity (Wildman–Crippen MR) is 189 cm³/mol. The number of esters is 1. The lowest BCUT2D eigenvalue weighted by molar-refractivity contribution is -0.155. The van der Waals surface area contributed by atoms with Crippen molar-refractivity contribution in [3.63, 3.8) is 0 Å². The number of aliphatic carboxylic acids is 1. The largest absolute Gasteiger partial charge is 0.481 e. The number of carboxylic acids is 1. The van der Waals surface area contributed by atoms with Crippen molar-refractivity contribution >= 4 is 35.1 Å². The minimum atomic E-state index is -0.698. The summed E-state index contributed by atoms with van der Waals surface area (Å²) >= 11 is 14.4. The summed E-state index contributed by atoms with van der Waals surface area (Å²) < 4.78 is 5.22. The van der Waals surface area contributed by atoms with E-state index in [1.54, 1.807) is 0 Å². The number of ether oxygens (including phenoxy) is 1. The summed E-state index contributed by atoms with van der Waals surface area (Å²) in [6.07, 6.45) is 4.04. The van der Waals surface area contributed by atoms with E-state index < -0.39 is 5.97 Å². The van der Waals surface area contributed by atoms with E-state index in [2.05, 4.69) is 58.3 Å². The van der Waals surface area contributed by atoms with E-state index in [-0.39, 0.29) is 23.8 Å². The van der Waals surface area contributed by atoms with Crippen LogP contribution in [0.3, 0.4) is 0 Å². The molecule has 4 aliphatic rings. The average Bonchev–Trinajstić information content (AvgIpc) is 3.64. The van der Waals surface area contributed by atoms with Crippen LogP contribution in [-0.4, -0.2) is 59.6 Å². The zero-order chi connectivity index (χ0) is 33.1. The van der Waals surface area contributed by atoms with Gasteiger partial charge in [0.15, 0.2) is 0 Å². The van der Waals surface area contributed by atoms with Crippen LogP contribution < -0.4 is 0 Å². The monoisotopic (exact) mass is 680 g/mol. The van der Waals surface area contributed by atoms with Crippen LogP contribution in [0.1, 0.15) is 54.1 Å². The molecule has 2 heterocycles. The Kier molecular flexibility index (Phi) is 8.32.